The topological polar surface area (TPSA) is 70.7 Å². The van der Waals surface area contributed by atoms with E-state index in [1.807, 2.05) is 0 Å². The van der Waals surface area contributed by atoms with Crippen LogP contribution in [0.25, 0.3) is 21.9 Å². The molecule has 1 heterocycles. The van der Waals surface area contributed by atoms with Gasteiger partial charge in [0.05, 0.1) is 10.8 Å². The summed E-state index contributed by atoms with van der Waals surface area (Å²) < 4.78 is 5.47. The molecule has 0 radical (unpaired) electrons. The van der Waals surface area contributed by atoms with Gasteiger partial charge in [0.2, 0.25) is 5.43 Å². The Hall–Kier alpha value is -2.49. The highest BCUT2D eigenvalue weighted by Gasteiger charge is 2.08. The molecule has 0 amide bonds. The highest BCUT2D eigenvalue weighted by Crippen LogP contribution is 2.24. The molecular weight excluding hydrogens is 222 g/mol. The molecule has 0 atom stereocenters. The number of hydrogen-bond acceptors (Lipinski definition) is 4. The SMILES string of the molecule is Oc1ccc2c(=[18O])c3ccc(O)cc3oc2c1. The predicted octanol–water partition coefficient (Wildman–Crippen LogP) is 2.36. The fourth-order valence-corrected chi connectivity index (χ4v) is 1.83. The zero-order valence-corrected chi connectivity index (χ0v) is 8.68. The summed E-state index contributed by atoms with van der Waals surface area (Å²) in [6, 6.07) is 8.66. The van der Waals surface area contributed by atoms with Crippen LogP contribution in [0.2, 0.25) is 0 Å². The molecule has 3 rings (SSSR count). The van der Waals surface area contributed by atoms with Gasteiger partial charge in [-0.2, -0.15) is 0 Å². The Morgan fingerprint density at radius 2 is 1.29 bits per heavy atom. The highest BCUT2D eigenvalue weighted by molar-refractivity contribution is 5.90. The maximum absolute atomic E-state index is 12.1. The van der Waals surface area contributed by atoms with Crippen LogP contribution in [0.5, 0.6) is 11.5 Å². The van der Waals surface area contributed by atoms with Gasteiger partial charge in [-0.15, -0.1) is 0 Å². The van der Waals surface area contributed by atoms with Crippen LogP contribution >= 0.6 is 0 Å². The predicted molar refractivity (Wildman–Crippen MR) is 63.3 cm³/mol. The lowest BCUT2D eigenvalue weighted by atomic mass is 10.1. The molecule has 0 saturated carbocycles. The molecule has 1 aromatic heterocycles. The monoisotopic (exact) mass is 230 g/mol. The molecule has 2 N–H and O–H groups in total. The van der Waals surface area contributed by atoms with E-state index in [0.717, 1.165) is 0 Å². The van der Waals surface area contributed by atoms with Crippen molar-refractivity contribution in [3.63, 3.8) is 0 Å². The smallest absolute Gasteiger partial charge is 0.200 e. The third-order valence-electron chi connectivity index (χ3n) is 2.64. The van der Waals surface area contributed by atoms with Gasteiger partial charge >= 0.3 is 0 Å². The fraction of sp³-hybridized carbons (Fsp3) is 0. The number of benzene rings is 2. The van der Waals surface area contributed by atoms with Gasteiger partial charge in [0.15, 0.2) is 0 Å². The Bertz CT molecular complexity index is 723. The van der Waals surface area contributed by atoms with E-state index in [1.165, 1.54) is 36.4 Å². The maximum atomic E-state index is 12.1. The molecule has 0 spiro atoms. The van der Waals surface area contributed by atoms with Gasteiger partial charge < -0.3 is 14.6 Å². The Balaban J connectivity index is 2.57. The minimum Gasteiger partial charge on any atom is -0.508 e. The van der Waals surface area contributed by atoms with Gasteiger partial charge in [0.1, 0.15) is 22.7 Å². The van der Waals surface area contributed by atoms with Gasteiger partial charge in [0.25, 0.3) is 0 Å². The molecule has 0 unspecified atom stereocenters. The second kappa shape index (κ2) is 3.25. The van der Waals surface area contributed by atoms with Crippen LogP contribution in [0.15, 0.2) is 45.6 Å². The molecular formula is C13H8O4. The first kappa shape index (κ1) is 9.72. The number of hydrogen-bond donors (Lipinski definition) is 2. The van der Waals surface area contributed by atoms with Crippen LogP contribution in [0.4, 0.5) is 0 Å². The lowest BCUT2D eigenvalue weighted by Gasteiger charge is -2.02. The Kier molecular flexibility index (Phi) is 1.86. The lowest BCUT2D eigenvalue weighted by molar-refractivity contribution is 0.473. The maximum Gasteiger partial charge on any atom is 0.200 e. The van der Waals surface area contributed by atoms with Gasteiger partial charge in [0, 0.05) is 12.1 Å². The number of fused-ring (bicyclic) bond motifs is 2. The Labute approximate surface area is 95.3 Å². The first-order valence-corrected chi connectivity index (χ1v) is 5.04. The molecule has 2 aromatic carbocycles. The Morgan fingerprint density at radius 1 is 0.824 bits per heavy atom. The van der Waals surface area contributed by atoms with Crippen molar-refractivity contribution in [2.75, 3.05) is 0 Å². The molecule has 17 heavy (non-hydrogen) atoms. The van der Waals surface area contributed by atoms with Gasteiger partial charge in [-0.3, -0.25) is 4.79 Å². The molecule has 0 saturated heterocycles. The van der Waals surface area contributed by atoms with Crippen LogP contribution in [0, 0.1) is 0 Å². The summed E-state index contributed by atoms with van der Waals surface area (Å²) in [6.07, 6.45) is 0. The molecule has 0 bridgehead atoms. The van der Waals surface area contributed by atoms with E-state index in [1.54, 1.807) is 0 Å². The van der Waals surface area contributed by atoms with Crippen LogP contribution in [0.1, 0.15) is 0 Å². The Morgan fingerprint density at radius 3 is 1.76 bits per heavy atom. The van der Waals surface area contributed by atoms with E-state index in [2.05, 4.69) is 0 Å². The van der Waals surface area contributed by atoms with Crippen molar-refractivity contribution in [1.82, 2.24) is 0 Å². The summed E-state index contributed by atoms with van der Waals surface area (Å²) in [7, 11) is 0. The van der Waals surface area contributed by atoms with E-state index < -0.39 is 0 Å². The third kappa shape index (κ3) is 1.42. The normalized spacial score (nSPS) is 11.1. The minimum absolute atomic E-state index is 0.0279. The molecule has 4 heteroatoms. The van der Waals surface area contributed by atoms with Gasteiger partial charge in [-0.05, 0) is 24.3 Å². The van der Waals surface area contributed by atoms with Crippen molar-refractivity contribution >= 4 is 21.9 Å². The van der Waals surface area contributed by atoms with Crippen molar-refractivity contribution in [1.29, 1.82) is 0 Å². The molecule has 0 fully saturated rings. The lowest BCUT2D eigenvalue weighted by Crippen LogP contribution is -2.01. The van der Waals surface area contributed by atoms with Crippen LogP contribution < -0.4 is 5.43 Å². The largest absolute Gasteiger partial charge is 0.508 e. The van der Waals surface area contributed by atoms with Crippen LogP contribution in [-0.2, 0) is 0 Å². The molecule has 84 valence electrons. The summed E-state index contributed by atoms with van der Waals surface area (Å²) in [6.45, 7) is 0. The zero-order chi connectivity index (χ0) is 12.0. The summed E-state index contributed by atoms with van der Waals surface area (Å²) in [5.41, 5.74) is 0.419. The summed E-state index contributed by atoms with van der Waals surface area (Å²) in [4.78, 5) is 12.1. The van der Waals surface area contributed by atoms with Crippen molar-refractivity contribution in [3.05, 3.63) is 46.6 Å². The first-order valence-electron chi connectivity index (χ1n) is 5.04. The summed E-state index contributed by atoms with van der Waals surface area (Å²) >= 11 is 0. The van der Waals surface area contributed by atoms with E-state index in [-0.39, 0.29) is 16.9 Å². The molecule has 4 nitrogen and oxygen atoms in total. The van der Waals surface area contributed by atoms with Crippen LogP contribution in [0.3, 0.4) is 0 Å². The average molecular weight is 230 g/mol. The number of rotatable bonds is 0. The van der Waals surface area contributed by atoms with E-state index >= 15 is 0 Å². The second-order valence-corrected chi connectivity index (χ2v) is 3.79. The first-order chi connectivity index (χ1) is 8.15. The molecule has 0 aliphatic carbocycles. The number of phenolic OH excluding ortho intramolecular Hbond substituents is 2. The number of phenols is 2. The zero-order valence-electron chi connectivity index (χ0n) is 8.68. The van der Waals surface area contributed by atoms with Crippen molar-refractivity contribution in [2.45, 2.75) is 0 Å². The summed E-state index contributed by atoms with van der Waals surface area (Å²) in [5, 5.41) is 19.5. The van der Waals surface area contributed by atoms with Gasteiger partial charge in [-0.25, -0.2) is 0 Å². The van der Waals surface area contributed by atoms with Crippen molar-refractivity contribution < 1.29 is 14.6 Å². The van der Waals surface area contributed by atoms with E-state index in [4.69, 9.17) is 4.42 Å². The fourth-order valence-electron chi connectivity index (χ4n) is 1.83. The van der Waals surface area contributed by atoms with Crippen molar-refractivity contribution in [3.8, 4) is 11.5 Å². The molecule has 3 aromatic rings. The number of aromatic hydroxyl groups is 2. The molecule has 0 aliphatic rings. The third-order valence-corrected chi connectivity index (χ3v) is 2.64. The second-order valence-electron chi connectivity index (χ2n) is 3.79. The highest BCUT2D eigenvalue weighted by atomic mass is 18.1. The van der Waals surface area contributed by atoms with E-state index in [0.29, 0.717) is 21.9 Å². The van der Waals surface area contributed by atoms with E-state index in [9.17, 15) is 15.0 Å². The minimum atomic E-state index is -0.179. The van der Waals surface area contributed by atoms with Gasteiger partial charge in [-0.1, -0.05) is 0 Å². The standard InChI is InChI=1S/C13H8O4/c14-7-1-3-9-11(5-7)17-12-6-8(15)2-4-10(12)13(9)16/h1-6,14-15H/i16+2. The van der Waals surface area contributed by atoms with Crippen molar-refractivity contribution in [2.24, 2.45) is 0 Å². The quantitative estimate of drug-likeness (QED) is 0.459. The molecule has 0 aliphatic heterocycles. The van der Waals surface area contributed by atoms with Crippen LogP contribution in [-0.4, -0.2) is 10.2 Å². The summed E-state index contributed by atoms with van der Waals surface area (Å²) in [5.74, 6) is 0.0558. The average Bonchev–Trinajstić information content (AvgIpc) is 2.28.